The van der Waals surface area contributed by atoms with E-state index in [9.17, 15) is 14.4 Å². The summed E-state index contributed by atoms with van der Waals surface area (Å²) >= 11 is 0. The number of carboxylic acids is 1. The quantitative estimate of drug-likeness (QED) is 0.575. The second-order valence-electron chi connectivity index (χ2n) is 5.25. The van der Waals surface area contributed by atoms with Crippen LogP contribution in [0.5, 0.6) is 0 Å². The number of aryl methyl sites for hydroxylation is 1. The SMILES string of the molecule is Cc1[nH]c(C(=O)O)c(C)c1C(=O)NCCNC(=O)C1CC1. The molecule has 1 fully saturated rings. The maximum atomic E-state index is 12.1. The van der Waals surface area contributed by atoms with Crippen LogP contribution in [0.3, 0.4) is 0 Å². The number of aromatic nitrogens is 1. The number of H-pyrrole nitrogens is 1. The first kappa shape index (κ1) is 15.1. The van der Waals surface area contributed by atoms with Gasteiger partial charge in [0.15, 0.2) is 0 Å². The lowest BCUT2D eigenvalue weighted by atomic mass is 10.1. The Balaban J connectivity index is 1.88. The largest absolute Gasteiger partial charge is 0.477 e. The van der Waals surface area contributed by atoms with Crippen LogP contribution in [0.25, 0.3) is 0 Å². The van der Waals surface area contributed by atoms with Crippen LogP contribution in [-0.4, -0.2) is 41.0 Å². The summed E-state index contributed by atoms with van der Waals surface area (Å²) in [6, 6.07) is 0. The fraction of sp³-hybridized carbons (Fsp3) is 0.500. The monoisotopic (exact) mass is 293 g/mol. The van der Waals surface area contributed by atoms with Gasteiger partial charge in [-0.3, -0.25) is 9.59 Å². The highest BCUT2D eigenvalue weighted by molar-refractivity contribution is 6.00. The number of amides is 2. The van der Waals surface area contributed by atoms with Crippen molar-refractivity contribution in [1.29, 1.82) is 0 Å². The molecular weight excluding hydrogens is 274 g/mol. The predicted octanol–water partition coefficient (Wildman–Crippen LogP) is 0.586. The van der Waals surface area contributed by atoms with E-state index < -0.39 is 5.97 Å². The lowest BCUT2D eigenvalue weighted by molar-refractivity contribution is -0.122. The van der Waals surface area contributed by atoms with E-state index in [0.717, 1.165) is 12.8 Å². The van der Waals surface area contributed by atoms with Crippen molar-refractivity contribution in [1.82, 2.24) is 15.6 Å². The molecule has 0 radical (unpaired) electrons. The number of hydrogen-bond donors (Lipinski definition) is 4. The van der Waals surface area contributed by atoms with Crippen LogP contribution in [0.2, 0.25) is 0 Å². The topological polar surface area (TPSA) is 111 Å². The highest BCUT2D eigenvalue weighted by Gasteiger charge is 2.29. The molecule has 1 aliphatic rings. The summed E-state index contributed by atoms with van der Waals surface area (Å²) in [6.07, 6.45) is 1.88. The standard InChI is InChI=1S/C14H19N3O4/c1-7-10(8(2)17-11(7)14(20)21)13(19)16-6-5-15-12(18)9-3-4-9/h9,17H,3-6H2,1-2H3,(H,15,18)(H,16,19)(H,20,21). The number of aromatic carboxylic acids is 1. The van der Waals surface area contributed by atoms with Crippen molar-refractivity contribution in [2.75, 3.05) is 13.1 Å². The van der Waals surface area contributed by atoms with Crippen molar-refractivity contribution in [3.8, 4) is 0 Å². The summed E-state index contributed by atoms with van der Waals surface area (Å²) < 4.78 is 0. The second kappa shape index (κ2) is 5.99. The zero-order valence-corrected chi connectivity index (χ0v) is 12.1. The van der Waals surface area contributed by atoms with Gasteiger partial charge in [-0.2, -0.15) is 0 Å². The Kier molecular flexibility index (Phi) is 4.30. The Morgan fingerprint density at radius 2 is 1.81 bits per heavy atom. The Labute approximate surface area is 122 Å². The molecule has 0 unspecified atom stereocenters. The van der Waals surface area contributed by atoms with E-state index in [4.69, 9.17) is 5.11 Å². The van der Waals surface area contributed by atoms with Gasteiger partial charge in [-0.25, -0.2) is 4.79 Å². The van der Waals surface area contributed by atoms with E-state index in [-0.39, 0.29) is 23.4 Å². The molecule has 1 aromatic rings. The van der Waals surface area contributed by atoms with E-state index in [1.807, 2.05) is 0 Å². The van der Waals surface area contributed by atoms with Crippen LogP contribution in [0.1, 0.15) is 44.9 Å². The second-order valence-corrected chi connectivity index (χ2v) is 5.25. The van der Waals surface area contributed by atoms with E-state index in [1.165, 1.54) is 0 Å². The Morgan fingerprint density at radius 3 is 2.33 bits per heavy atom. The molecule has 7 nitrogen and oxygen atoms in total. The summed E-state index contributed by atoms with van der Waals surface area (Å²) in [6.45, 7) is 3.93. The minimum absolute atomic E-state index is 0.0275. The van der Waals surface area contributed by atoms with Crippen molar-refractivity contribution in [2.24, 2.45) is 5.92 Å². The van der Waals surface area contributed by atoms with Crippen LogP contribution in [-0.2, 0) is 4.79 Å². The van der Waals surface area contributed by atoms with Gasteiger partial charge in [0.25, 0.3) is 5.91 Å². The Bertz CT molecular complexity index is 587. The van der Waals surface area contributed by atoms with E-state index >= 15 is 0 Å². The molecule has 1 aliphatic carbocycles. The average Bonchev–Trinajstić information content (AvgIpc) is 3.20. The molecular formula is C14H19N3O4. The lowest BCUT2D eigenvalue weighted by Crippen LogP contribution is -2.35. The van der Waals surface area contributed by atoms with Crippen LogP contribution in [0, 0.1) is 19.8 Å². The molecule has 0 aliphatic heterocycles. The molecule has 0 saturated heterocycles. The molecule has 1 aromatic heterocycles. The number of carbonyl (C=O) groups is 3. The first-order valence-corrected chi connectivity index (χ1v) is 6.90. The Morgan fingerprint density at radius 1 is 1.19 bits per heavy atom. The van der Waals surface area contributed by atoms with Crippen molar-refractivity contribution in [3.05, 3.63) is 22.5 Å². The summed E-state index contributed by atoms with van der Waals surface area (Å²) in [5.41, 5.74) is 1.31. The van der Waals surface area contributed by atoms with Crippen molar-refractivity contribution < 1.29 is 19.5 Å². The van der Waals surface area contributed by atoms with Crippen molar-refractivity contribution in [2.45, 2.75) is 26.7 Å². The minimum Gasteiger partial charge on any atom is -0.477 e. The summed E-state index contributed by atoms with van der Waals surface area (Å²) in [7, 11) is 0. The zero-order chi connectivity index (χ0) is 15.6. The van der Waals surface area contributed by atoms with E-state index in [2.05, 4.69) is 15.6 Å². The number of aromatic amines is 1. The number of nitrogens with one attached hydrogen (secondary N) is 3. The molecule has 4 N–H and O–H groups in total. The maximum Gasteiger partial charge on any atom is 0.352 e. The van der Waals surface area contributed by atoms with Gasteiger partial charge in [-0.1, -0.05) is 0 Å². The molecule has 0 atom stereocenters. The maximum absolute atomic E-state index is 12.1. The molecule has 2 rings (SSSR count). The zero-order valence-electron chi connectivity index (χ0n) is 12.1. The van der Waals surface area contributed by atoms with Gasteiger partial charge in [-0.15, -0.1) is 0 Å². The van der Waals surface area contributed by atoms with Gasteiger partial charge < -0.3 is 20.7 Å². The first-order chi connectivity index (χ1) is 9.91. The van der Waals surface area contributed by atoms with E-state index in [1.54, 1.807) is 13.8 Å². The van der Waals surface area contributed by atoms with Crippen LogP contribution in [0.4, 0.5) is 0 Å². The fourth-order valence-corrected chi connectivity index (χ4v) is 2.24. The number of rotatable bonds is 6. The molecule has 114 valence electrons. The highest BCUT2D eigenvalue weighted by Crippen LogP contribution is 2.28. The van der Waals surface area contributed by atoms with Gasteiger partial charge in [0.05, 0.1) is 5.56 Å². The van der Waals surface area contributed by atoms with Crippen LogP contribution < -0.4 is 10.6 Å². The number of carboxylic acid groups (broad SMARTS) is 1. The lowest BCUT2D eigenvalue weighted by Gasteiger charge is -2.07. The third-order valence-corrected chi connectivity index (χ3v) is 3.54. The number of carbonyl (C=O) groups excluding carboxylic acids is 2. The first-order valence-electron chi connectivity index (χ1n) is 6.90. The summed E-state index contributed by atoms with van der Waals surface area (Å²) in [5, 5.41) is 14.4. The smallest absolute Gasteiger partial charge is 0.352 e. The van der Waals surface area contributed by atoms with Crippen molar-refractivity contribution in [3.63, 3.8) is 0 Å². The Hall–Kier alpha value is -2.31. The normalized spacial score (nSPS) is 13.8. The summed E-state index contributed by atoms with van der Waals surface area (Å²) in [5.74, 6) is -1.25. The molecule has 0 bridgehead atoms. The minimum atomic E-state index is -1.09. The highest BCUT2D eigenvalue weighted by atomic mass is 16.4. The summed E-state index contributed by atoms with van der Waals surface area (Å²) in [4.78, 5) is 37.2. The van der Waals surface area contributed by atoms with Gasteiger partial charge in [0.2, 0.25) is 5.91 Å². The molecule has 7 heteroatoms. The van der Waals surface area contributed by atoms with Crippen molar-refractivity contribution >= 4 is 17.8 Å². The third kappa shape index (κ3) is 3.42. The van der Waals surface area contributed by atoms with Gasteiger partial charge in [0, 0.05) is 24.7 Å². The fourth-order valence-electron chi connectivity index (χ4n) is 2.24. The number of hydrogen-bond acceptors (Lipinski definition) is 3. The van der Waals surface area contributed by atoms with Gasteiger partial charge in [-0.05, 0) is 32.3 Å². The molecule has 21 heavy (non-hydrogen) atoms. The molecule has 1 heterocycles. The molecule has 0 aromatic carbocycles. The predicted molar refractivity (Wildman–Crippen MR) is 75.3 cm³/mol. The van der Waals surface area contributed by atoms with Gasteiger partial charge >= 0.3 is 5.97 Å². The van der Waals surface area contributed by atoms with Crippen LogP contribution >= 0.6 is 0 Å². The third-order valence-electron chi connectivity index (χ3n) is 3.54. The average molecular weight is 293 g/mol. The van der Waals surface area contributed by atoms with Gasteiger partial charge in [0.1, 0.15) is 5.69 Å². The molecule has 2 amide bonds. The van der Waals surface area contributed by atoms with Crippen LogP contribution in [0.15, 0.2) is 0 Å². The van der Waals surface area contributed by atoms with E-state index in [0.29, 0.717) is 29.9 Å². The molecule has 0 spiro atoms. The molecule has 1 saturated carbocycles.